The van der Waals surface area contributed by atoms with Gasteiger partial charge in [-0.15, -0.1) is 24.8 Å². The van der Waals surface area contributed by atoms with E-state index in [1.807, 2.05) is 48.6 Å². The van der Waals surface area contributed by atoms with Gasteiger partial charge in [-0.3, -0.25) is 0 Å². The number of halogens is 5. The molecule has 0 radical (unpaired) electrons. The molecular weight excluding hydrogens is 622 g/mol. The van der Waals surface area contributed by atoms with Crippen LogP contribution < -0.4 is 5.32 Å². The largest absolute Gasteiger partial charge is 0.367 e. The third-order valence-corrected chi connectivity index (χ3v) is 7.64. The van der Waals surface area contributed by atoms with Crippen molar-refractivity contribution >= 4 is 97.1 Å². The van der Waals surface area contributed by atoms with E-state index in [0.717, 1.165) is 63.7 Å². The van der Waals surface area contributed by atoms with E-state index in [4.69, 9.17) is 21.6 Å². The monoisotopic (exact) mass is 650 g/mol. The second kappa shape index (κ2) is 15.3. The van der Waals surface area contributed by atoms with E-state index in [9.17, 15) is 0 Å². The number of hydrogen-bond acceptors (Lipinski definition) is 4. The standard InChI is InChI=1S/C25H29Br2ClN4.2ClH/c1-4-32(5-2)15-7-8-17(3)29-25-19-9-6-10-22(28)24(19)30-23(31-25)14-12-18-11-13-20(26)21(27)16-18;;/h6,9-14,16-17H,4-5,7-8,15H2,1-3H3,(H,29,30,31);2*1H. The smallest absolute Gasteiger partial charge is 0.155 e. The van der Waals surface area contributed by atoms with Gasteiger partial charge in [0.1, 0.15) is 5.82 Å². The number of fused-ring (bicyclic) bond motifs is 1. The summed E-state index contributed by atoms with van der Waals surface area (Å²) in [7, 11) is 0. The first-order valence-corrected chi connectivity index (χ1v) is 13.0. The Kier molecular flexibility index (Phi) is 14.0. The maximum atomic E-state index is 6.48. The van der Waals surface area contributed by atoms with Gasteiger partial charge in [-0.25, -0.2) is 9.97 Å². The molecule has 1 heterocycles. The molecule has 0 aliphatic heterocycles. The lowest BCUT2D eigenvalue weighted by molar-refractivity contribution is 0.295. The molecule has 0 amide bonds. The summed E-state index contributed by atoms with van der Waals surface area (Å²) in [6.07, 6.45) is 6.15. The zero-order valence-corrected chi connectivity index (χ0v) is 25.1. The lowest BCUT2D eigenvalue weighted by Gasteiger charge is -2.20. The van der Waals surface area contributed by atoms with Crippen molar-refractivity contribution in [3.05, 3.63) is 61.8 Å². The van der Waals surface area contributed by atoms with E-state index in [2.05, 4.69) is 62.8 Å². The highest BCUT2D eigenvalue weighted by Gasteiger charge is 2.12. The zero-order chi connectivity index (χ0) is 23.1. The van der Waals surface area contributed by atoms with E-state index >= 15 is 0 Å². The Labute approximate surface area is 237 Å². The summed E-state index contributed by atoms with van der Waals surface area (Å²) in [6, 6.07) is 12.2. The molecule has 34 heavy (non-hydrogen) atoms. The molecule has 4 nitrogen and oxygen atoms in total. The quantitative estimate of drug-likeness (QED) is 0.238. The Morgan fingerprint density at radius 3 is 2.44 bits per heavy atom. The van der Waals surface area contributed by atoms with Crippen LogP contribution in [0.4, 0.5) is 5.82 Å². The molecule has 2 aromatic carbocycles. The van der Waals surface area contributed by atoms with Crippen LogP contribution in [0.1, 0.15) is 45.0 Å². The fourth-order valence-electron chi connectivity index (χ4n) is 3.57. The number of benzene rings is 2. The van der Waals surface area contributed by atoms with Crippen molar-refractivity contribution in [2.75, 3.05) is 25.0 Å². The lowest BCUT2D eigenvalue weighted by Crippen LogP contribution is -2.25. The number of nitrogens with one attached hydrogen (secondary N) is 1. The third kappa shape index (κ3) is 8.65. The third-order valence-electron chi connectivity index (χ3n) is 5.45. The Hall–Kier alpha value is -0.890. The molecule has 1 N–H and O–H groups in total. The highest BCUT2D eigenvalue weighted by molar-refractivity contribution is 9.13. The molecule has 0 fully saturated rings. The number of aromatic nitrogens is 2. The van der Waals surface area contributed by atoms with Gasteiger partial charge in [0.25, 0.3) is 0 Å². The fraction of sp³-hybridized carbons (Fsp3) is 0.360. The molecule has 186 valence electrons. The molecule has 0 saturated heterocycles. The Morgan fingerprint density at radius 2 is 1.76 bits per heavy atom. The molecular formula is C25H31Br2Cl3N4. The van der Waals surface area contributed by atoms with Gasteiger partial charge >= 0.3 is 0 Å². The summed E-state index contributed by atoms with van der Waals surface area (Å²) in [5.41, 5.74) is 1.82. The van der Waals surface area contributed by atoms with E-state index in [1.54, 1.807) is 0 Å². The van der Waals surface area contributed by atoms with Crippen molar-refractivity contribution in [1.29, 1.82) is 0 Å². The van der Waals surface area contributed by atoms with Crippen LogP contribution in [0, 0.1) is 0 Å². The molecule has 9 heteroatoms. The highest BCUT2D eigenvalue weighted by Crippen LogP contribution is 2.28. The first kappa shape index (κ1) is 31.1. The summed E-state index contributed by atoms with van der Waals surface area (Å²) in [6.45, 7) is 9.94. The van der Waals surface area contributed by atoms with Gasteiger partial charge in [-0.2, -0.15) is 0 Å². The molecule has 1 unspecified atom stereocenters. The van der Waals surface area contributed by atoms with Gasteiger partial charge in [0, 0.05) is 20.4 Å². The maximum Gasteiger partial charge on any atom is 0.155 e. The minimum atomic E-state index is 0. The number of para-hydroxylation sites is 1. The average molecular weight is 654 g/mol. The first-order valence-electron chi connectivity index (χ1n) is 11.0. The molecule has 0 aliphatic carbocycles. The van der Waals surface area contributed by atoms with Gasteiger partial charge in [-0.05, 0) is 107 Å². The van der Waals surface area contributed by atoms with Gasteiger partial charge in [0.2, 0.25) is 0 Å². The second-order valence-corrected chi connectivity index (χ2v) is 9.90. The van der Waals surface area contributed by atoms with Gasteiger partial charge in [0.15, 0.2) is 5.82 Å². The number of nitrogens with zero attached hydrogens (tertiary/aromatic N) is 3. The van der Waals surface area contributed by atoms with Crippen LogP contribution in [-0.4, -0.2) is 40.5 Å². The summed E-state index contributed by atoms with van der Waals surface area (Å²) < 4.78 is 2.02. The minimum Gasteiger partial charge on any atom is -0.367 e. The lowest BCUT2D eigenvalue weighted by atomic mass is 10.1. The normalized spacial score (nSPS) is 12.0. The van der Waals surface area contributed by atoms with E-state index in [0.29, 0.717) is 16.9 Å². The van der Waals surface area contributed by atoms with Crippen molar-refractivity contribution in [2.24, 2.45) is 0 Å². The highest BCUT2D eigenvalue weighted by atomic mass is 79.9. The minimum absolute atomic E-state index is 0. The van der Waals surface area contributed by atoms with Crippen LogP contribution in [0.3, 0.4) is 0 Å². The maximum absolute atomic E-state index is 6.48. The topological polar surface area (TPSA) is 41.0 Å². The SMILES string of the molecule is CCN(CC)CCCC(C)Nc1nc(C=Cc2ccc(Br)c(Br)c2)nc2c(Cl)cccc12.Cl.Cl. The second-order valence-electron chi connectivity index (χ2n) is 7.79. The van der Waals surface area contributed by atoms with Crippen molar-refractivity contribution in [1.82, 2.24) is 14.9 Å². The van der Waals surface area contributed by atoms with Gasteiger partial charge in [0.05, 0.1) is 10.5 Å². The summed E-state index contributed by atoms with van der Waals surface area (Å²) in [5, 5.41) is 5.17. The van der Waals surface area contributed by atoms with Gasteiger partial charge in [-0.1, -0.05) is 43.7 Å². The molecule has 1 atom stereocenters. The Bertz CT molecular complexity index is 1090. The predicted octanol–water partition coefficient (Wildman–Crippen LogP) is 8.74. The zero-order valence-electron chi connectivity index (χ0n) is 19.5. The summed E-state index contributed by atoms with van der Waals surface area (Å²) >= 11 is 13.5. The van der Waals surface area contributed by atoms with Crippen molar-refractivity contribution < 1.29 is 0 Å². The van der Waals surface area contributed by atoms with Crippen molar-refractivity contribution in [3.8, 4) is 0 Å². The molecule has 0 aliphatic rings. The molecule has 0 bridgehead atoms. The van der Waals surface area contributed by atoms with E-state index < -0.39 is 0 Å². The van der Waals surface area contributed by atoms with Crippen molar-refractivity contribution in [2.45, 2.75) is 39.7 Å². The molecule has 1 aromatic heterocycles. The van der Waals surface area contributed by atoms with Crippen LogP contribution in [0.25, 0.3) is 23.1 Å². The first-order chi connectivity index (χ1) is 15.4. The fourth-order valence-corrected chi connectivity index (χ4v) is 4.43. The number of anilines is 1. The van der Waals surface area contributed by atoms with Crippen LogP contribution >= 0.6 is 68.3 Å². The Balaban J connectivity index is 0.00000289. The summed E-state index contributed by atoms with van der Waals surface area (Å²) in [5.74, 6) is 1.45. The Morgan fingerprint density at radius 1 is 1.03 bits per heavy atom. The molecule has 3 aromatic rings. The van der Waals surface area contributed by atoms with Crippen LogP contribution in [0.5, 0.6) is 0 Å². The number of hydrogen-bond donors (Lipinski definition) is 1. The van der Waals surface area contributed by atoms with Crippen LogP contribution in [0.15, 0.2) is 45.3 Å². The van der Waals surface area contributed by atoms with Crippen LogP contribution in [0.2, 0.25) is 5.02 Å². The van der Waals surface area contributed by atoms with Gasteiger partial charge < -0.3 is 10.2 Å². The summed E-state index contributed by atoms with van der Waals surface area (Å²) in [4.78, 5) is 12.0. The van der Waals surface area contributed by atoms with E-state index in [-0.39, 0.29) is 24.8 Å². The van der Waals surface area contributed by atoms with Crippen molar-refractivity contribution in [3.63, 3.8) is 0 Å². The molecule has 0 spiro atoms. The van der Waals surface area contributed by atoms with E-state index in [1.165, 1.54) is 0 Å². The predicted molar refractivity (Wildman–Crippen MR) is 160 cm³/mol. The number of rotatable bonds is 10. The molecule has 0 saturated carbocycles. The average Bonchev–Trinajstić information content (AvgIpc) is 2.78. The van der Waals surface area contributed by atoms with Crippen LogP contribution in [-0.2, 0) is 0 Å². The molecule has 3 rings (SSSR count).